The molecular weight excluding hydrogens is 230 g/mol. The van der Waals surface area contributed by atoms with Crippen molar-refractivity contribution < 1.29 is 15.0 Å². The molecule has 0 amide bonds. The van der Waals surface area contributed by atoms with Gasteiger partial charge in [-0.25, -0.2) is 0 Å². The van der Waals surface area contributed by atoms with E-state index in [1.807, 2.05) is 20.8 Å². The van der Waals surface area contributed by atoms with Gasteiger partial charge in [-0.05, 0) is 38.6 Å². The van der Waals surface area contributed by atoms with Crippen molar-refractivity contribution in [1.29, 1.82) is 0 Å². The first-order valence-electron chi connectivity index (χ1n) is 7.09. The van der Waals surface area contributed by atoms with Crippen LogP contribution < -0.4 is 0 Å². The van der Waals surface area contributed by atoms with Gasteiger partial charge in [-0.15, -0.1) is 0 Å². The lowest BCUT2D eigenvalue weighted by atomic mass is 9.77. The molecule has 4 nitrogen and oxygen atoms in total. The van der Waals surface area contributed by atoms with Crippen LogP contribution in [0.3, 0.4) is 0 Å². The van der Waals surface area contributed by atoms with Gasteiger partial charge in [0.2, 0.25) is 0 Å². The summed E-state index contributed by atoms with van der Waals surface area (Å²) < 4.78 is 0. The van der Waals surface area contributed by atoms with E-state index in [9.17, 15) is 15.0 Å². The number of β-amino-alcohol motifs (C(OH)–C–C–N with tert-alkyl or cyclic N) is 1. The van der Waals surface area contributed by atoms with Crippen molar-refractivity contribution in [2.45, 2.75) is 58.5 Å². The summed E-state index contributed by atoms with van der Waals surface area (Å²) in [6.45, 7) is 7.98. The van der Waals surface area contributed by atoms with Crippen LogP contribution in [-0.4, -0.2) is 46.3 Å². The zero-order valence-corrected chi connectivity index (χ0v) is 11.9. The van der Waals surface area contributed by atoms with Crippen molar-refractivity contribution in [3.8, 4) is 0 Å². The van der Waals surface area contributed by atoms with E-state index in [1.54, 1.807) is 0 Å². The molecular formula is C14H27NO3. The number of rotatable bonds is 6. The molecule has 0 spiro atoms. The van der Waals surface area contributed by atoms with Crippen LogP contribution >= 0.6 is 0 Å². The van der Waals surface area contributed by atoms with E-state index in [0.717, 1.165) is 19.4 Å². The Morgan fingerprint density at radius 1 is 1.33 bits per heavy atom. The maximum Gasteiger partial charge on any atom is 0.310 e. The monoisotopic (exact) mass is 257 g/mol. The summed E-state index contributed by atoms with van der Waals surface area (Å²) in [5.41, 5.74) is -1.28. The fourth-order valence-electron chi connectivity index (χ4n) is 2.87. The normalized spacial score (nSPS) is 26.2. The first kappa shape index (κ1) is 15.4. The number of carboxylic acid groups (broad SMARTS) is 1. The first-order valence-corrected chi connectivity index (χ1v) is 7.09. The van der Waals surface area contributed by atoms with Crippen LogP contribution in [0.15, 0.2) is 0 Å². The summed E-state index contributed by atoms with van der Waals surface area (Å²) in [6.07, 6.45) is 3.75. The van der Waals surface area contributed by atoms with E-state index in [2.05, 4.69) is 4.90 Å². The number of hydrogen-bond donors (Lipinski definition) is 2. The Hall–Kier alpha value is -0.610. The van der Waals surface area contributed by atoms with Crippen LogP contribution in [-0.2, 0) is 4.79 Å². The molecule has 0 aromatic rings. The number of aliphatic hydroxyl groups is 1. The molecule has 1 heterocycles. The van der Waals surface area contributed by atoms with Gasteiger partial charge in [0.15, 0.2) is 0 Å². The second-order valence-electron chi connectivity index (χ2n) is 5.68. The topological polar surface area (TPSA) is 60.8 Å². The Kier molecular flexibility index (Phi) is 5.17. The van der Waals surface area contributed by atoms with Gasteiger partial charge in [-0.3, -0.25) is 9.69 Å². The number of hydrogen-bond acceptors (Lipinski definition) is 3. The van der Waals surface area contributed by atoms with E-state index < -0.39 is 17.0 Å². The number of carboxylic acids is 1. The molecule has 1 saturated heterocycles. The number of carbonyl (C=O) groups is 1. The molecule has 1 aliphatic rings. The molecule has 1 fully saturated rings. The molecule has 0 radical (unpaired) electrons. The van der Waals surface area contributed by atoms with E-state index in [4.69, 9.17) is 0 Å². The van der Waals surface area contributed by atoms with Crippen molar-refractivity contribution >= 4 is 5.97 Å². The summed E-state index contributed by atoms with van der Waals surface area (Å²) in [7, 11) is 0. The quantitative estimate of drug-likeness (QED) is 0.765. The van der Waals surface area contributed by atoms with Crippen molar-refractivity contribution in [1.82, 2.24) is 4.90 Å². The SMILES string of the molecule is CCC(O)(CC)CN1CCCC(CC)(C(=O)O)C1. The van der Waals surface area contributed by atoms with Gasteiger partial charge in [0.05, 0.1) is 11.0 Å². The molecule has 0 saturated carbocycles. The average Bonchev–Trinajstić information content (AvgIpc) is 2.38. The molecule has 0 aromatic carbocycles. The van der Waals surface area contributed by atoms with Gasteiger partial charge in [0, 0.05) is 13.1 Å². The van der Waals surface area contributed by atoms with Crippen LogP contribution in [0.2, 0.25) is 0 Å². The van der Waals surface area contributed by atoms with Crippen LogP contribution in [0.4, 0.5) is 0 Å². The van der Waals surface area contributed by atoms with Gasteiger partial charge < -0.3 is 10.2 Å². The average molecular weight is 257 g/mol. The predicted octanol–water partition coefficient (Wildman–Crippen LogP) is 2.11. The number of likely N-dealkylation sites (tertiary alicyclic amines) is 1. The highest BCUT2D eigenvalue weighted by atomic mass is 16.4. The standard InChI is InChI=1S/C14H27NO3/c1-4-13(12(16)17)8-7-9-15(10-13)11-14(18,5-2)6-3/h18H,4-11H2,1-3H3,(H,16,17). The van der Waals surface area contributed by atoms with Gasteiger partial charge in [-0.2, -0.15) is 0 Å². The van der Waals surface area contributed by atoms with Crippen LogP contribution in [0, 0.1) is 5.41 Å². The second kappa shape index (κ2) is 6.02. The molecule has 0 aliphatic carbocycles. The summed E-state index contributed by atoms with van der Waals surface area (Å²) in [4.78, 5) is 13.6. The largest absolute Gasteiger partial charge is 0.481 e. The van der Waals surface area contributed by atoms with Gasteiger partial charge >= 0.3 is 5.97 Å². The smallest absolute Gasteiger partial charge is 0.310 e. The van der Waals surface area contributed by atoms with Crippen molar-refractivity contribution in [2.24, 2.45) is 5.41 Å². The minimum absolute atomic E-state index is 0.571. The fourth-order valence-corrected chi connectivity index (χ4v) is 2.87. The van der Waals surface area contributed by atoms with Gasteiger partial charge in [-0.1, -0.05) is 20.8 Å². The zero-order valence-electron chi connectivity index (χ0n) is 11.9. The Balaban J connectivity index is 2.72. The van der Waals surface area contributed by atoms with Crippen LogP contribution in [0.5, 0.6) is 0 Å². The number of aliphatic carboxylic acids is 1. The lowest BCUT2D eigenvalue weighted by molar-refractivity contribution is -0.154. The highest BCUT2D eigenvalue weighted by Crippen LogP contribution is 2.34. The maximum atomic E-state index is 11.5. The van der Waals surface area contributed by atoms with Gasteiger partial charge in [0.1, 0.15) is 0 Å². The highest BCUT2D eigenvalue weighted by Gasteiger charge is 2.42. The van der Waals surface area contributed by atoms with E-state index in [-0.39, 0.29) is 0 Å². The van der Waals surface area contributed by atoms with Crippen LogP contribution in [0.25, 0.3) is 0 Å². The third-order valence-electron chi connectivity index (χ3n) is 4.62. The highest BCUT2D eigenvalue weighted by molar-refractivity contribution is 5.75. The summed E-state index contributed by atoms with van der Waals surface area (Å²) in [5, 5.41) is 19.8. The Morgan fingerprint density at radius 2 is 1.94 bits per heavy atom. The third-order valence-corrected chi connectivity index (χ3v) is 4.62. The van der Waals surface area contributed by atoms with Crippen molar-refractivity contribution in [2.75, 3.05) is 19.6 Å². The van der Waals surface area contributed by atoms with E-state index in [1.165, 1.54) is 0 Å². The summed E-state index contributed by atoms with van der Waals surface area (Å²) in [5.74, 6) is -0.689. The fraction of sp³-hybridized carbons (Fsp3) is 0.929. The Morgan fingerprint density at radius 3 is 2.39 bits per heavy atom. The molecule has 1 unspecified atom stereocenters. The summed E-state index contributed by atoms with van der Waals surface area (Å²) in [6, 6.07) is 0. The summed E-state index contributed by atoms with van der Waals surface area (Å²) >= 11 is 0. The molecule has 106 valence electrons. The number of piperidine rings is 1. The predicted molar refractivity (Wildman–Crippen MR) is 71.6 cm³/mol. The minimum atomic E-state index is -0.689. The molecule has 0 aromatic heterocycles. The van der Waals surface area contributed by atoms with Crippen molar-refractivity contribution in [3.63, 3.8) is 0 Å². The molecule has 2 N–H and O–H groups in total. The third kappa shape index (κ3) is 3.23. The first-order chi connectivity index (χ1) is 8.41. The molecule has 1 aliphatic heterocycles. The lowest BCUT2D eigenvalue weighted by Crippen LogP contribution is -2.52. The Labute approximate surface area is 110 Å². The van der Waals surface area contributed by atoms with Crippen molar-refractivity contribution in [3.05, 3.63) is 0 Å². The van der Waals surface area contributed by atoms with Gasteiger partial charge in [0.25, 0.3) is 0 Å². The molecule has 1 rings (SSSR count). The molecule has 4 heteroatoms. The molecule has 1 atom stereocenters. The zero-order chi connectivity index (χ0) is 13.8. The van der Waals surface area contributed by atoms with Crippen LogP contribution in [0.1, 0.15) is 52.9 Å². The van der Waals surface area contributed by atoms with E-state index >= 15 is 0 Å². The second-order valence-corrected chi connectivity index (χ2v) is 5.68. The minimum Gasteiger partial charge on any atom is -0.481 e. The maximum absolute atomic E-state index is 11.5. The lowest BCUT2D eigenvalue weighted by Gasteiger charge is -2.42. The Bertz CT molecular complexity index is 289. The molecule has 18 heavy (non-hydrogen) atoms. The molecule has 0 bridgehead atoms. The van der Waals surface area contributed by atoms with E-state index in [0.29, 0.717) is 32.4 Å². The number of nitrogens with zero attached hydrogens (tertiary/aromatic N) is 1.